The summed E-state index contributed by atoms with van der Waals surface area (Å²) in [5.41, 5.74) is 2.70. The van der Waals surface area contributed by atoms with Gasteiger partial charge in [0.1, 0.15) is 0 Å². The van der Waals surface area contributed by atoms with E-state index in [1.807, 2.05) is 83.7 Å². The third-order valence-electron chi connectivity index (χ3n) is 3.37. The summed E-state index contributed by atoms with van der Waals surface area (Å²) in [5, 5.41) is 0. The van der Waals surface area contributed by atoms with Crippen molar-refractivity contribution in [3.8, 4) is 5.69 Å². The smallest absolute Gasteiger partial charge is 0.185 e. The first-order valence-corrected chi connectivity index (χ1v) is 7.74. The van der Waals surface area contributed by atoms with E-state index in [2.05, 4.69) is 15.9 Å². The fourth-order valence-corrected chi connectivity index (χ4v) is 2.59. The second kappa shape index (κ2) is 6.58. The molecule has 0 atom stereocenters. The van der Waals surface area contributed by atoms with Gasteiger partial charge in [0.05, 0.1) is 0 Å². The maximum atomic E-state index is 12.2. The molecule has 0 saturated carbocycles. The minimum atomic E-state index is -0.00481. The van der Waals surface area contributed by atoms with Crippen LogP contribution in [0.5, 0.6) is 0 Å². The van der Waals surface area contributed by atoms with Gasteiger partial charge in [-0.25, -0.2) is 0 Å². The average molecular weight is 352 g/mol. The lowest BCUT2D eigenvalue weighted by molar-refractivity contribution is 0.104. The fourth-order valence-electron chi connectivity index (χ4n) is 2.18. The van der Waals surface area contributed by atoms with Crippen LogP contribution in [-0.2, 0) is 0 Å². The van der Waals surface area contributed by atoms with Crippen molar-refractivity contribution in [3.63, 3.8) is 0 Å². The standard InChI is InChI=1S/C19H14BrNO/c20-18-6-2-1-5-15(18)9-12-19(22)16-7-10-17(11-8-16)21-13-3-4-14-21/h1-14H/b12-9+. The normalized spacial score (nSPS) is 11.0. The van der Waals surface area contributed by atoms with E-state index in [4.69, 9.17) is 0 Å². The number of nitrogens with zero attached hydrogens (tertiary/aromatic N) is 1. The highest BCUT2D eigenvalue weighted by atomic mass is 79.9. The van der Waals surface area contributed by atoms with E-state index in [0.717, 1.165) is 15.7 Å². The van der Waals surface area contributed by atoms with Crippen LogP contribution < -0.4 is 0 Å². The third kappa shape index (κ3) is 3.26. The quantitative estimate of drug-likeness (QED) is 0.471. The van der Waals surface area contributed by atoms with Gasteiger partial charge in [0.2, 0.25) is 0 Å². The zero-order chi connectivity index (χ0) is 15.4. The van der Waals surface area contributed by atoms with E-state index >= 15 is 0 Å². The van der Waals surface area contributed by atoms with Crippen molar-refractivity contribution in [2.24, 2.45) is 0 Å². The van der Waals surface area contributed by atoms with E-state index in [1.165, 1.54) is 0 Å². The molecule has 1 aromatic heterocycles. The Morgan fingerprint density at radius 2 is 1.59 bits per heavy atom. The maximum Gasteiger partial charge on any atom is 0.185 e. The molecule has 3 heteroatoms. The summed E-state index contributed by atoms with van der Waals surface area (Å²) >= 11 is 3.47. The average Bonchev–Trinajstić information content (AvgIpc) is 3.08. The van der Waals surface area contributed by atoms with Crippen LogP contribution in [-0.4, -0.2) is 10.4 Å². The Labute approximate surface area is 137 Å². The first kappa shape index (κ1) is 14.5. The summed E-state index contributed by atoms with van der Waals surface area (Å²) in [7, 11) is 0. The molecule has 22 heavy (non-hydrogen) atoms. The topological polar surface area (TPSA) is 22.0 Å². The van der Waals surface area contributed by atoms with Gasteiger partial charge in [-0.1, -0.05) is 34.1 Å². The third-order valence-corrected chi connectivity index (χ3v) is 4.10. The van der Waals surface area contributed by atoms with Gasteiger partial charge in [-0.05, 0) is 60.2 Å². The summed E-state index contributed by atoms with van der Waals surface area (Å²) in [4.78, 5) is 12.2. The SMILES string of the molecule is O=C(/C=C/c1ccccc1Br)c1ccc(-n2cccc2)cc1. The van der Waals surface area contributed by atoms with Gasteiger partial charge in [0.15, 0.2) is 5.78 Å². The molecule has 0 spiro atoms. The van der Waals surface area contributed by atoms with Crippen molar-refractivity contribution in [1.29, 1.82) is 0 Å². The van der Waals surface area contributed by atoms with Crippen LogP contribution in [0.4, 0.5) is 0 Å². The zero-order valence-corrected chi connectivity index (χ0v) is 13.4. The lowest BCUT2D eigenvalue weighted by Crippen LogP contribution is -1.96. The van der Waals surface area contributed by atoms with E-state index in [-0.39, 0.29) is 5.78 Å². The van der Waals surface area contributed by atoms with Gasteiger partial charge < -0.3 is 4.57 Å². The number of aromatic nitrogens is 1. The van der Waals surface area contributed by atoms with E-state index in [9.17, 15) is 4.79 Å². The van der Waals surface area contributed by atoms with Crippen LogP contribution in [0, 0.1) is 0 Å². The molecule has 0 aliphatic rings. The minimum absolute atomic E-state index is 0.00481. The number of allylic oxidation sites excluding steroid dienone is 1. The predicted octanol–water partition coefficient (Wildman–Crippen LogP) is 5.14. The summed E-state index contributed by atoms with van der Waals surface area (Å²) < 4.78 is 2.98. The lowest BCUT2D eigenvalue weighted by atomic mass is 10.1. The highest BCUT2D eigenvalue weighted by Crippen LogP contribution is 2.18. The molecule has 0 amide bonds. The van der Waals surface area contributed by atoms with E-state index in [0.29, 0.717) is 5.56 Å². The van der Waals surface area contributed by atoms with Crippen LogP contribution in [0.3, 0.4) is 0 Å². The first-order valence-electron chi connectivity index (χ1n) is 6.94. The maximum absolute atomic E-state index is 12.2. The predicted molar refractivity (Wildman–Crippen MR) is 93.3 cm³/mol. The molecule has 1 heterocycles. The molecular formula is C19H14BrNO. The Hall–Kier alpha value is -2.39. The lowest BCUT2D eigenvalue weighted by Gasteiger charge is -2.03. The molecule has 0 aliphatic heterocycles. The highest BCUT2D eigenvalue weighted by molar-refractivity contribution is 9.10. The Kier molecular flexibility index (Phi) is 4.35. The van der Waals surface area contributed by atoms with Crippen LogP contribution in [0.15, 0.2) is 83.6 Å². The molecule has 0 aliphatic carbocycles. The number of ketones is 1. The summed E-state index contributed by atoms with van der Waals surface area (Å²) in [6, 6.07) is 19.3. The van der Waals surface area contributed by atoms with Gasteiger partial charge in [-0.2, -0.15) is 0 Å². The van der Waals surface area contributed by atoms with Crippen LogP contribution in [0.2, 0.25) is 0 Å². The highest BCUT2D eigenvalue weighted by Gasteiger charge is 2.03. The number of carbonyl (C=O) groups excluding carboxylic acids is 1. The van der Waals surface area contributed by atoms with Crippen LogP contribution in [0.25, 0.3) is 11.8 Å². The van der Waals surface area contributed by atoms with Crippen LogP contribution >= 0.6 is 15.9 Å². The molecular weight excluding hydrogens is 338 g/mol. The number of rotatable bonds is 4. The monoisotopic (exact) mass is 351 g/mol. The molecule has 0 bridgehead atoms. The largest absolute Gasteiger partial charge is 0.324 e. The zero-order valence-electron chi connectivity index (χ0n) is 11.8. The molecule has 0 radical (unpaired) electrons. The number of hydrogen-bond acceptors (Lipinski definition) is 1. The van der Waals surface area contributed by atoms with E-state index in [1.54, 1.807) is 6.08 Å². The van der Waals surface area contributed by atoms with E-state index < -0.39 is 0 Å². The Bertz CT molecular complexity index is 802. The number of halogens is 1. The van der Waals surface area contributed by atoms with Crippen molar-refractivity contribution in [3.05, 3.63) is 94.7 Å². The Balaban J connectivity index is 1.77. The van der Waals surface area contributed by atoms with Crippen molar-refractivity contribution in [1.82, 2.24) is 4.57 Å². The number of benzene rings is 2. The molecule has 2 aromatic carbocycles. The number of carbonyl (C=O) groups is 1. The van der Waals surface area contributed by atoms with Gasteiger partial charge in [-0.3, -0.25) is 4.79 Å². The van der Waals surface area contributed by atoms with Crippen molar-refractivity contribution >= 4 is 27.8 Å². The van der Waals surface area contributed by atoms with Gasteiger partial charge in [0, 0.05) is 28.1 Å². The summed E-state index contributed by atoms with van der Waals surface area (Å²) in [6.07, 6.45) is 7.38. The molecule has 0 fully saturated rings. The van der Waals surface area contributed by atoms with Gasteiger partial charge in [-0.15, -0.1) is 0 Å². The molecule has 0 N–H and O–H groups in total. The van der Waals surface area contributed by atoms with Gasteiger partial charge in [0.25, 0.3) is 0 Å². The van der Waals surface area contributed by atoms with Crippen molar-refractivity contribution < 1.29 is 4.79 Å². The molecule has 0 saturated heterocycles. The van der Waals surface area contributed by atoms with Gasteiger partial charge >= 0.3 is 0 Å². The van der Waals surface area contributed by atoms with Crippen molar-refractivity contribution in [2.75, 3.05) is 0 Å². The first-order chi connectivity index (χ1) is 10.7. The second-order valence-electron chi connectivity index (χ2n) is 4.86. The molecule has 0 unspecified atom stereocenters. The summed E-state index contributed by atoms with van der Waals surface area (Å²) in [6.45, 7) is 0. The number of hydrogen-bond donors (Lipinski definition) is 0. The summed E-state index contributed by atoms with van der Waals surface area (Å²) in [5.74, 6) is -0.00481. The fraction of sp³-hybridized carbons (Fsp3) is 0. The second-order valence-corrected chi connectivity index (χ2v) is 5.71. The van der Waals surface area contributed by atoms with Crippen molar-refractivity contribution in [2.45, 2.75) is 0 Å². The van der Waals surface area contributed by atoms with Crippen LogP contribution in [0.1, 0.15) is 15.9 Å². The minimum Gasteiger partial charge on any atom is -0.324 e. The Morgan fingerprint density at radius 3 is 2.27 bits per heavy atom. The molecule has 3 rings (SSSR count). The molecule has 108 valence electrons. The molecule has 3 aromatic rings. The Morgan fingerprint density at radius 1 is 0.909 bits per heavy atom. The molecule has 2 nitrogen and oxygen atoms in total.